The second kappa shape index (κ2) is 6.99. The Morgan fingerprint density at radius 3 is 1.95 bits per heavy atom. The molecule has 0 bridgehead atoms. The first-order valence-electron chi connectivity index (χ1n) is 5.52. The summed E-state index contributed by atoms with van der Waals surface area (Å²) in [7, 11) is -4.62. The molecule has 1 atom stereocenters. The molecule has 0 saturated carbocycles. The maximum absolute atomic E-state index is 11.7. The summed E-state index contributed by atoms with van der Waals surface area (Å²) in [6, 6.07) is 0. The number of nitrogens with one attached hydrogen (secondary N) is 1. The van der Waals surface area contributed by atoms with Gasteiger partial charge in [0, 0.05) is 11.6 Å². The van der Waals surface area contributed by atoms with Crippen LogP contribution in [0.5, 0.6) is 0 Å². The molecule has 4 N–H and O–H groups in total. The van der Waals surface area contributed by atoms with Crippen molar-refractivity contribution in [3.8, 4) is 0 Å². The summed E-state index contributed by atoms with van der Waals surface area (Å²) in [5.74, 6) is -5.27. The molecule has 0 aromatic rings. The van der Waals surface area contributed by atoms with Gasteiger partial charge >= 0.3 is 11.9 Å². The number of hydrogen-bond acceptors (Lipinski definition) is 5. The lowest BCUT2D eigenvalue weighted by Crippen LogP contribution is -2.44. The minimum absolute atomic E-state index is 0.252. The van der Waals surface area contributed by atoms with E-state index in [2.05, 4.69) is 6.58 Å². The minimum atomic E-state index is -4.62. The molecular weight excluding hydrogens is 306 g/mol. The fourth-order valence-electron chi connectivity index (χ4n) is 1.33. The van der Waals surface area contributed by atoms with E-state index < -0.39 is 50.4 Å². The molecule has 1 unspecified atom stereocenters. The monoisotopic (exact) mass is 321 g/mol. The second-order valence-electron chi connectivity index (χ2n) is 4.33. The summed E-state index contributed by atoms with van der Waals surface area (Å²) in [6.45, 7) is 5.91. The van der Waals surface area contributed by atoms with Gasteiger partial charge in [-0.2, -0.15) is 8.42 Å². The van der Waals surface area contributed by atoms with Gasteiger partial charge in [0.2, 0.25) is 0 Å². The van der Waals surface area contributed by atoms with Crippen molar-refractivity contribution < 1.29 is 37.6 Å². The summed E-state index contributed by atoms with van der Waals surface area (Å²) in [5, 5.41) is 17.5. The van der Waals surface area contributed by atoms with Gasteiger partial charge < -0.3 is 15.5 Å². The quantitative estimate of drug-likeness (QED) is 0.281. The van der Waals surface area contributed by atoms with Crippen molar-refractivity contribution >= 4 is 28.0 Å². The molecule has 0 saturated heterocycles. The molecule has 0 aliphatic carbocycles. The van der Waals surface area contributed by atoms with Crippen molar-refractivity contribution in [3.05, 3.63) is 23.8 Å². The van der Waals surface area contributed by atoms with Crippen molar-refractivity contribution in [1.82, 2.24) is 5.32 Å². The number of carboxylic acid groups (broad SMARTS) is 2. The van der Waals surface area contributed by atoms with Crippen LogP contribution in [0.1, 0.15) is 13.8 Å². The second-order valence-corrected chi connectivity index (χ2v) is 5.87. The van der Waals surface area contributed by atoms with Gasteiger partial charge in [0.1, 0.15) is 0 Å². The average Bonchev–Trinajstić information content (AvgIpc) is 2.29. The lowest BCUT2D eigenvalue weighted by atomic mass is 10.1. The summed E-state index contributed by atoms with van der Waals surface area (Å²) in [5.41, 5.74) is -1.66. The van der Waals surface area contributed by atoms with Crippen molar-refractivity contribution in [3.63, 3.8) is 0 Å². The minimum Gasteiger partial charge on any atom is -0.478 e. The Morgan fingerprint density at radius 1 is 1.19 bits per heavy atom. The van der Waals surface area contributed by atoms with Crippen LogP contribution < -0.4 is 5.32 Å². The highest BCUT2D eigenvalue weighted by molar-refractivity contribution is 7.86. The molecule has 118 valence electrons. The van der Waals surface area contributed by atoms with Gasteiger partial charge in [0.15, 0.2) is 5.37 Å². The number of aliphatic carboxylic acids is 2. The smallest absolute Gasteiger partial charge is 0.336 e. The average molecular weight is 321 g/mol. The van der Waals surface area contributed by atoms with Crippen LogP contribution in [0.2, 0.25) is 0 Å². The molecule has 10 heteroatoms. The van der Waals surface area contributed by atoms with E-state index in [1.54, 1.807) is 0 Å². The van der Waals surface area contributed by atoms with E-state index in [4.69, 9.17) is 14.8 Å². The maximum atomic E-state index is 11.7. The molecule has 0 spiro atoms. The predicted octanol–water partition coefficient (Wildman–Crippen LogP) is -0.376. The van der Waals surface area contributed by atoms with Gasteiger partial charge in [-0.05, 0) is 5.92 Å². The number of amides is 1. The molecule has 0 heterocycles. The number of carboxylic acids is 2. The molecule has 0 fully saturated rings. The standard InChI is InChI=1S/C11H15NO8S/c1-5(2)10(21(18,19)20)12-9(15)6(3)7(11(16)17)4-8(13)14/h4-5,10H,3H2,1-2H3,(H,12,15)(H,13,14)(H,16,17)(H,18,19,20). The van der Waals surface area contributed by atoms with Gasteiger partial charge in [-0.1, -0.05) is 20.4 Å². The zero-order valence-corrected chi connectivity index (χ0v) is 12.0. The van der Waals surface area contributed by atoms with Crippen LogP contribution in [-0.4, -0.2) is 46.4 Å². The van der Waals surface area contributed by atoms with Crippen LogP contribution in [0.4, 0.5) is 0 Å². The lowest BCUT2D eigenvalue weighted by Gasteiger charge is -2.19. The topological polar surface area (TPSA) is 158 Å². The highest BCUT2D eigenvalue weighted by atomic mass is 32.2. The van der Waals surface area contributed by atoms with Crippen LogP contribution in [0, 0.1) is 5.92 Å². The molecule has 21 heavy (non-hydrogen) atoms. The summed E-state index contributed by atoms with van der Waals surface area (Å²) in [6.07, 6.45) is 0.252. The Bertz CT molecular complexity index is 602. The summed E-state index contributed by atoms with van der Waals surface area (Å²) in [4.78, 5) is 33.1. The molecule has 0 aromatic heterocycles. The zero-order valence-electron chi connectivity index (χ0n) is 11.2. The van der Waals surface area contributed by atoms with Crippen molar-refractivity contribution in [1.29, 1.82) is 0 Å². The third-order valence-electron chi connectivity index (χ3n) is 2.30. The Hall–Kier alpha value is -2.20. The first-order chi connectivity index (χ1) is 9.37. The number of carbonyl (C=O) groups is 3. The van der Waals surface area contributed by atoms with E-state index in [0.717, 1.165) is 0 Å². The van der Waals surface area contributed by atoms with Crippen molar-refractivity contribution in [2.24, 2.45) is 5.92 Å². The van der Waals surface area contributed by atoms with Gasteiger partial charge in [-0.3, -0.25) is 9.35 Å². The molecular formula is C11H15NO8S. The van der Waals surface area contributed by atoms with Crippen LogP contribution in [0.15, 0.2) is 23.8 Å². The Labute approximate surface area is 120 Å². The third-order valence-corrected chi connectivity index (χ3v) is 3.60. The SMILES string of the molecule is C=C(C(=O)NC(C(C)C)S(=O)(=O)O)C(=CC(=O)O)C(=O)O. The third kappa shape index (κ3) is 5.75. The van der Waals surface area contributed by atoms with E-state index in [1.165, 1.54) is 13.8 Å². The molecule has 1 amide bonds. The van der Waals surface area contributed by atoms with Crippen LogP contribution in [-0.2, 0) is 24.5 Å². The van der Waals surface area contributed by atoms with Gasteiger partial charge in [-0.15, -0.1) is 0 Å². The van der Waals surface area contributed by atoms with E-state index >= 15 is 0 Å². The molecule has 0 aromatic carbocycles. The Kier molecular flexibility index (Phi) is 6.26. The van der Waals surface area contributed by atoms with E-state index in [1.807, 2.05) is 5.32 Å². The first-order valence-corrected chi connectivity index (χ1v) is 7.02. The van der Waals surface area contributed by atoms with E-state index in [9.17, 15) is 22.8 Å². The van der Waals surface area contributed by atoms with Crippen molar-refractivity contribution in [2.75, 3.05) is 0 Å². The van der Waals surface area contributed by atoms with Crippen molar-refractivity contribution in [2.45, 2.75) is 19.2 Å². The zero-order chi connectivity index (χ0) is 17.0. The Balaban J connectivity index is 5.39. The fraction of sp³-hybridized carbons (Fsp3) is 0.364. The number of hydrogen-bond donors (Lipinski definition) is 4. The van der Waals surface area contributed by atoms with E-state index in [0.29, 0.717) is 0 Å². The van der Waals surface area contributed by atoms with Crippen LogP contribution in [0.25, 0.3) is 0 Å². The highest BCUT2D eigenvalue weighted by Crippen LogP contribution is 2.13. The van der Waals surface area contributed by atoms with Gasteiger partial charge in [0.25, 0.3) is 16.0 Å². The normalized spacial score (nSPS) is 13.6. The molecule has 0 radical (unpaired) electrons. The van der Waals surface area contributed by atoms with Gasteiger partial charge in [0.05, 0.1) is 5.57 Å². The lowest BCUT2D eigenvalue weighted by molar-refractivity contribution is -0.135. The molecule has 0 aliphatic heterocycles. The maximum Gasteiger partial charge on any atom is 0.336 e. The number of rotatable bonds is 7. The van der Waals surface area contributed by atoms with Crippen LogP contribution >= 0.6 is 0 Å². The highest BCUT2D eigenvalue weighted by Gasteiger charge is 2.30. The Morgan fingerprint density at radius 2 is 1.67 bits per heavy atom. The number of carbonyl (C=O) groups excluding carboxylic acids is 1. The van der Waals surface area contributed by atoms with Crippen LogP contribution in [0.3, 0.4) is 0 Å². The predicted molar refractivity (Wildman–Crippen MR) is 70.8 cm³/mol. The molecule has 9 nitrogen and oxygen atoms in total. The molecule has 0 aliphatic rings. The largest absolute Gasteiger partial charge is 0.478 e. The van der Waals surface area contributed by atoms with Gasteiger partial charge in [-0.25, -0.2) is 9.59 Å². The first kappa shape index (κ1) is 18.8. The van der Waals surface area contributed by atoms with E-state index in [-0.39, 0.29) is 6.08 Å². The fourth-order valence-corrected chi connectivity index (χ4v) is 2.27. The molecule has 0 rings (SSSR count). The summed E-state index contributed by atoms with van der Waals surface area (Å²) < 4.78 is 31.2. The summed E-state index contributed by atoms with van der Waals surface area (Å²) >= 11 is 0.